The predicted octanol–water partition coefficient (Wildman–Crippen LogP) is 1.98. The number of carboxylic acid groups (broad SMARTS) is 1. The van der Waals surface area contributed by atoms with Crippen molar-refractivity contribution in [2.75, 3.05) is 0 Å². The van der Waals surface area contributed by atoms with Crippen molar-refractivity contribution in [3.05, 3.63) is 29.8 Å². The first-order valence-corrected chi connectivity index (χ1v) is 6.71. The molecule has 0 bridgehead atoms. The molecule has 0 aromatic carbocycles. The van der Waals surface area contributed by atoms with Gasteiger partial charge in [-0.3, -0.25) is 9.59 Å². The van der Waals surface area contributed by atoms with Crippen LogP contribution in [-0.2, 0) is 4.79 Å². The molecule has 5 nitrogen and oxygen atoms in total. The molecule has 0 saturated heterocycles. The van der Waals surface area contributed by atoms with Gasteiger partial charge in [-0.05, 0) is 30.9 Å². The molecule has 108 valence electrons. The first-order chi connectivity index (χ1) is 9.58. The Labute approximate surface area is 116 Å². The summed E-state index contributed by atoms with van der Waals surface area (Å²) in [5.41, 5.74) is -0.243. The lowest BCUT2D eigenvalue weighted by Crippen LogP contribution is -2.43. The molecule has 1 saturated carbocycles. The molecule has 6 heteroatoms. The van der Waals surface area contributed by atoms with Gasteiger partial charge in [-0.2, -0.15) is 0 Å². The molecular weight excluding hydrogens is 263 g/mol. The SMILES string of the molecule is O=C(O)C[C@@H]1CCCC[C@@H]1NC(=O)c1ncccc1F. The van der Waals surface area contributed by atoms with Gasteiger partial charge in [0.2, 0.25) is 0 Å². The summed E-state index contributed by atoms with van der Waals surface area (Å²) < 4.78 is 13.5. The van der Waals surface area contributed by atoms with E-state index in [1.807, 2.05) is 0 Å². The Morgan fingerprint density at radius 2 is 2.15 bits per heavy atom. The molecule has 1 aliphatic carbocycles. The molecule has 2 rings (SSSR count). The minimum Gasteiger partial charge on any atom is -0.481 e. The maximum atomic E-state index is 13.5. The third kappa shape index (κ3) is 3.53. The monoisotopic (exact) mass is 280 g/mol. The van der Waals surface area contributed by atoms with Crippen LogP contribution in [0.1, 0.15) is 42.6 Å². The van der Waals surface area contributed by atoms with Gasteiger partial charge in [-0.25, -0.2) is 9.37 Å². The highest BCUT2D eigenvalue weighted by atomic mass is 19.1. The fraction of sp³-hybridized carbons (Fsp3) is 0.500. The second-order valence-corrected chi connectivity index (χ2v) is 5.06. The van der Waals surface area contributed by atoms with E-state index in [1.54, 1.807) is 0 Å². The number of carbonyl (C=O) groups excluding carboxylic acids is 1. The van der Waals surface area contributed by atoms with Gasteiger partial charge in [-0.1, -0.05) is 12.8 Å². The number of rotatable bonds is 4. The molecule has 1 aromatic heterocycles. The van der Waals surface area contributed by atoms with E-state index in [0.717, 1.165) is 25.7 Å². The van der Waals surface area contributed by atoms with Crippen molar-refractivity contribution in [2.24, 2.45) is 5.92 Å². The van der Waals surface area contributed by atoms with Crippen molar-refractivity contribution in [1.82, 2.24) is 10.3 Å². The topological polar surface area (TPSA) is 79.3 Å². The largest absolute Gasteiger partial charge is 0.481 e. The average Bonchev–Trinajstić information content (AvgIpc) is 2.41. The third-order valence-corrected chi connectivity index (χ3v) is 3.64. The second kappa shape index (κ2) is 6.45. The van der Waals surface area contributed by atoms with Crippen molar-refractivity contribution in [3.63, 3.8) is 0 Å². The van der Waals surface area contributed by atoms with Crippen LogP contribution in [0.3, 0.4) is 0 Å². The van der Waals surface area contributed by atoms with Gasteiger partial charge >= 0.3 is 5.97 Å². The van der Waals surface area contributed by atoms with E-state index in [-0.39, 0.29) is 24.1 Å². The summed E-state index contributed by atoms with van der Waals surface area (Å²) in [6, 6.07) is 2.37. The molecule has 1 fully saturated rings. The Morgan fingerprint density at radius 1 is 1.40 bits per heavy atom. The van der Waals surface area contributed by atoms with E-state index in [9.17, 15) is 14.0 Å². The molecular formula is C14H17FN2O3. The molecule has 2 N–H and O–H groups in total. The summed E-state index contributed by atoms with van der Waals surface area (Å²) in [7, 11) is 0. The Hall–Kier alpha value is -1.98. The van der Waals surface area contributed by atoms with Gasteiger partial charge in [0.15, 0.2) is 11.5 Å². The van der Waals surface area contributed by atoms with Gasteiger partial charge in [0, 0.05) is 12.2 Å². The van der Waals surface area contributed by atoms with Crippen LogP contribution in [0.4, 0.5) is 4.39 Å². The smallest absolute Gasteiger partial charge is 0.303 e. The molecule has 20 heavy (non-hydrogen) atoms. The first-order valence-electron chi connectivity index (χ1n) is 6.71. The van der Waals surface area contributed by atoms with Crippen LogP contribution in [0.25, 0.3) is 0 Å². The summed E-state index contributed by atoms with van der Waals surface area (Å²) in [4.78, 5) is 26.6. The van der Waals surface area contributed by atoms with Gasteiger partial charge in [0.25, 0.3) is 5.91 Å². The number of carbonyl (C=O) groups is 2. The van der Waals surface area contributed by atoms with Gasteiger partial charge < -0.3 is 10.4 Å². The summed E-state index contributed by atoms with van der Waals surface area (Å²) in [6.07, 6.45) is 4.76. The maximum Gasteiger partial charge on any atom is 0.303 e. The molecule has 1 aliphatic rings. The highest BCUT2D eigenvalue weighted by Gasteiger charge is 2.29. The van der Waals surface area contributed by atoms with E-state index in [0.29, 0.717) is 0 Å². The lowest BCUT2D eigenvalue weighted by molar-refractivity contribution is -0.138. The van der Waals surface area contributed by atoms with Gasteiger partial charge in [0.05, 0.1) is 6.42 Å². The van der Waals surface area contributed by atoms with Crippen LogP contribution in [-0.4, -0.2) is 28.0 Å². The number of nitrogens with one attached hydrogen (secondary N) is 1. The van der Waals surface area contributed by atoms with E-state index in [2.05, 4.69) is 10.3 Å². The zero-order valence-corrected chi connectivity index (χ0v) is 11.0. The summed E-state index contributed by atoms with van der Waals surface area (Å²) in [5, 5.41) is 11.6. The van der Waals surface area contributed by atoms with Crippen LogP contribution < -0.4 is 5.32 Å². The maximum absolute atomic E-state index is 13.5. The number of hydrogen-bond acceptors (Lipinski definition) is 3. The zero-order chi connectivity index (χ0) is 14.5. The Morgan fingerprint density at radius 3 is 2.85 bits per heavy atom. The van der Waals surface area contributed by atoms with Crippen molar-refractivity contribution in [1.29, 1.82) is 0 Å². The fourth-order valence-corrected chi connectivity index (χ4v) is 2.66. The van der Waals surface area contributed by atoms with E-state index in [4.69, 9.17) is 5.11 Å². The van der Waals surface area contributed by atoms with Crippen LogP contribution in [0, 0.1) is 11.7 Å². The van der Waals surface area contributed by atoms with Gasteiger partial charge in [0.1, 0.15) is 0 Å². The number of halogens is 1. The van der Waals surface area contributed by atoms with Crippen LogP contribution >= 0.6 is 0 Å². The number of aromatic nitrogens is 1. The molecule has 0 aliphatic heterocycles. The number of hydrogen-bond donors (Lipinski definition) is 2. The van der Waals surface area contributed by atoms with Crippen molar-refractivity contribution >= 4 is 11.9 Å². The Bertz CT molecular complexity index is 507. The third-order valence-electron chi connectivity index (χ3n) is 3.64. The quantitative estimate of drug-likeness (QED) is 0.884. The van der Waals surface area contributed by atoms with Crippen LogP contribution in [0.5, 0.6) is 0 Å². The van der Waals surface area contributed by atoms with Crippen molar-refractivity contribution in [3.8, 4) is 0 Å². The second-order valence-electron chi connectivity index (χ2n) is 5.06. The van der Waals surface area contributed by atoms with E-state index >= 15 is 0 Å². The standard InChI is InChI=1S/C14H17FN2O3/c15-10-5-3-7-16-13(10)14(20)17-11-6-2-1-4-9(11)8-12(18)19/h3,5,7,9,11H,1-2,4,6,8H2,(H,17,20)(H,18,19)/t9-,11-/m0/s1. The highest BCUT2D eigenvalue weighted by Crippen LogP contribution is 2.27. The lowest BCUT2D eigenvalue weighted by atomic mass is 9.82. The molecule has 2 atom stereocenters. The van der Waals surface area contributed by atoms with Crippen LogP contribution in [0.2, 0.25) is 0 Å². The number of amides is 1. The van der Waals surface area contributed by atoms with Gasteiger partial charge in [-0.15, -0.1) is 0 Å². The molecule has 0 unspecified atom stereocenters. The summed E-state index contributed by atoms with van der Waals surface area (Å²) in [5.74, 6) is -2.22. The number of pyridine rings is 1. The predicted molar refractivity (Wildman–Crippen MR) is 69.7 cm³/mol. The first kappa shape index (κ1) is 14.4. The normalized spacial score (nSPS) is 22.2. The minimum atomic E-state index is -0.875. The number of aliphatic carboxylic acids is 1. The number of nitrogens with zero attached hydrogens (tertiary/aromatic N) is 1. The Kier molecular flexibility index (Phi) is 4.65. The summed E-state index contributed by atoms with van der Waals surface area (Å²) >= 11 is 0. The van der Waals surface area contributed by atoms with E-state index in [1.165, 1.54) is 18.3 Å². The average molecular weight is 280 g/mol. The van der Waals surface area contributed by atoms with Crippen molar-refractivity contribution in [2.45, 2.75) is 38.1 Å². The van der Waals surface area contributed by atoms with E-state index < -0.39 is 17.7 Å². The number of carboxylic acids is 1. The molecule has 1 aromatic rings. The molecule has 0 radical (unpaired) electrons. The molecule has 0 spiro atoms. The van der Waals surface area contributed by atoms with Crippen molar-refractivity contribution < 1.29 is 19.1 Å². The fourth-order valence-electron chi connectivity index (χ4n) is 2.66. The molecule has 1 heterocycles. The Balaban J connectivity index is 2.05. The lowest BCUT2D eigenvalue weighted by Gasteiger charge is -2.31. The van der Waals surface area contributed by atoms with Crippen LogP contribution in [0.15, 0.2) is 18.3 Å². The highest BCUT2D eigenvalue weighted by molar-refractivity contribution is 5.92. The zero-order valence-electron chi connectivity index (χ0n) is 11.0. The molecule has 1 amide bonds. The minimum absolute atomic E-state index is 0.0235. The summed E-state index contributed by atoms with van der Waals surface area (Å²) in [6.45, 7) is 0.